The molecule has 1 fully saturated rings. The third-order valence-corrected chi connectivity index (χ3v) is 3.71. The summed E-state index contributed by atoms with van der Waals surface area (Å²) in [7, 11) is 1.32. The number of esters is 1. The van der Waals surface area contributed by atoms with Gasteiger partial charge in [-0.25, -0.2) is 4.79 Å². The first-order valence-electron chi connectivity index (χ1n) is 7.16. The Balaban J connectivity index is 2.06. The Morgan fingerprint density at radius 3 is 2.81 bits per heavy atom. The largest absolute Gasteiger partial charge is 0.467 e. The van der Waals surface area contributed by atoms with Crippen molar-refractivity contribution < 1.29 is 19.1 Å². The van der Waals surface area contributed by atoms with Gasteiger partial charge in [0.15, 0.2) is 0 Å². The van der Waals surface area contributed by atoms with Gasteiger partial charge in [-0.05, 0) is 30.9 Å². The van der Waals surface area contributed by atoms with Crippen LogP contribution in [0.15, 0.2) is 24.3 Å². The van der Waals surface area contributed by atoms with Gasteiger partial charge in [0, 0.05) is 13.0 Å². The number of aryl methyl sites for hydroxylation is 1. The summed E-state index contributed by atoms with van der Waals surface area (Å²) in [4.78, 5) is 24.0. The molecule has 1 aliphatic heterocycles. The quantitative estimate of drug-likeness (QED) is 0.832. The van der Waals surface area contributed by atoms with E-state index in [1.54, 1.807) is 0 Å². The highest BCUT2D eigenvalue weighted by molar-refractivity contribution is 5.87. The Bertz CT molecular complexity index is 509. The molecule has 1 amide bonds. The summed E-state index contributed by atoms with van der Waals surface area (Å²) in [5, 5.41) is 2.75. The lowest BCUT2D eigenvalue weighted by atomic mass is 10.0. The molecule has 2 atom stereocenters. The van der Waals surface area contributed by atoms with Gasteiger partial charge in [-0.1, -0.05) is 24.3 Å². The number of nitrogens with one attached hydrogen (secondary N) is 1. The van der Waals surface area contributed by atoms with Gasteiger partial charge >= 0.3 is 5.97 Å². The van der Waals surface area contributed by atoms with Gasteiger partial charge in [0.25, 0.3) is 0 Å². The number of ether oxygens (including phenoxy) is 2. The average Bonchev–Trinajstić information content (AvgIpc) is 3.02. The molecule has 0 aliphatic carbocycles. The summed E-state index contributed by atoms with van der Waals surface area (Å²) in [5.74, 6) is -0.680. The van der Waals surface area contributed by atoms with Crippen LogP contribution >= 0.6 is 0 Å². The fourth-order valence-electron chi connectivity index (χ4n) is 2.44. The van der Waals surface area contributed by atoms with Crippen LogP contribution in [0.3, 0.4) is 0 Å². The molecule has 0 aromatic heterocycles. The second-order valence-corrected chi connectivity index (χ2v) is 5.22. The number of benzene rings is 1. The summed E-state index contributed by atoms with van der Waals surface area (Å²) in [5.41, 5.74) is 2.10. The van der Waals surface area contributed by atoms with Crippen LogP contribution in [-0.2, 0) is 25.5 Å². The van der Waals surface area contributed by atoms with E-state index in [0.29, 0.717) is 19.4 Å². The number of carbonyl (C=O) groups excluding carboxylic acids is 2. The average molecular weight is 291 g/mol. The SMILES string of the molecule is COC(=O)[C@H](Cc1ccccc1C)NC(=O)[C@H]1CCCO1. The highest BCUT2D eigenvalue weighted by atomic mass is 16.5. The molecule has 1 heterocycles. The highest BCUT2D eigenvalue weighted by Gasteiger charge is 2.29. The van der Waals surface area contributed by atoms with Gasteiger partial charge in [0.1, 0.15) is 12.1 Å². The molecule has 0 spiro atoms. The Labute approximate surface area is 124 Å². The van der Waals surface area contributed by atoms with Gasteiger partial charge in [0.05, 0.1) is 7.11 Å². The van der Waals surface area contributed by atoms with E-state index in [-0.39, 0.29) is 5.91 Å². The molecule has 0 saturated carbocycles. The number of amides is 1. The minimum Gasteiger partial charge on any atom is -0.467 e. The van der Waals surface area contributed by atoms with Crippen molar-refractivity contribution >= 4 is 11.9 Å². The van der Waals surface area contributed by atoms with Crippen molar-refractivity contribution in [3.05, 3.63) is 35.4 Å². The highest BCUT2D eigenvalue weighted by Crippen LogP contribution is 2.14. The minimum absolute atomic E-state index is 0.239. The molecule has 1 saturated heterocycles. The molecule has 21 heavy (non-hydrogen) atoms. The second-order valence-electron chi connectivity index (χ2n) is 5.22. The zero-order chi connectivity index (χ0) is 15.2. The molecule has 1 aromatic carbocycles. The Kier molecular flexibility index (Phi) is 5.33. The first-order chi connectivity index (χ1) is 10.1. The number of methoxy groups -OCH3 is 1. The lowest BCUT2D eigenvalue weighted by molar-refractivity contribution is -0.146. The predicted molar refractivity (Wildman–Crippen MR) is 77.8 cm³/mol. The van der Waals surface area contributed by atoms with Crippen molar-refractivity contribution in [1.82, 2.24) is 5.32 Å². The molecular formula is C16H21NO4. The van der Waals surface area contributed by atoms with Gasteiger partial charge in [0.2, 0.25) is 5.91 Å². The minimum atomic E-state index is -0.687. The number of carbonyl (C=O) groups is 2. The van der Waals surface area contributed by atoms with Crippen LogP contribution in [0.5, 0.6) is 0 Å². The van der Waals surface area contributed by atoms with Crippen molar-refractivity contribution in [1.29, 1.82) is 0 Å². The third-order valence-electron chi connectivity index (χ3n) is 3.71. The molecule has 0 unspecified atom stereocenters. The molecule has 1 aromatic rings. The topological polar surface area (TPSA) is 64.6 Å². The Morgan fingerprint density at radius 2 is 2.19 bits per heavy atom. The van der Waals surface area contributed by atoms with Crippen LogP contribution in [-0.4, -0.2) is 37.7 Å². The van der Waals surface area contributed by atoms with E-state index >= 15 is 0 Å². The number of hydrogen-bond acceptors (Lipinski definition) is 4. The summed E-state index contributed by atoms with van der Waals surface area (Å²) < 4.78 is 10.1. The van der Waals surface area contributed by atoms with E-state index < -0.39 is 18.1 Å². The van der Waals surface area contributed by atoms with Crippen molar-refractivity contribution in [3.8, 4) is 0 Å². The zero-order valence-electron chi connectivity index (χ0n) is 12.4. The first kappa shape index (κ1) is 15.5. The van der Waals surface area contributed by atoms with Crippen molar-refractivity contribution in [2.24, 2.45) is 0 Å². The van der Waals surface area contributed by atoms with E-state index in [4.69, 9.17) is 9.47 Å². The molecule has 1 N–H and O–H groups in total. The summed E-state index contributed by atoms with van der Waals surface area (Å²) in [6.45, 7) is 2.57. The van der Waals surface area contributed by atoms with E-state index in [9.17, 15) is 9.59 Å². The molecule has 2 rings (SSSR count). The molecule has 0 radical (unpaired) electrons. The molecule has 1 aliphatic rings. The molecular weight excluding hydrogens is 270 g/mol. The lowest BCUT2D eigenvalue weighted by Crippen LogP contribution is -2.47. The molecule has 5 nitrogen and oxygen atoms in total. The van der Waals surface area contributed by atoms with Crippen LogP contribution in [0, 0.1) is 6.92 Å². The fourth-order valence-corrected chi connectivity index (χ4v) is 2.44. The zero-order valence-corrected chi connectivity index (χ0v) is 12.4. The molecule has 114 valence electrons. The smallest absolute Gasteiger partial charge is 0.328 e. The molecule has 5 heteroatoms. The van der Waals surface area contributed by atoms with E-state index in [1.807, 2.05) is 31.2 Å². The van der Waals surface area contributed by atoms with Gasteiger partial charge in [-0.15, -0.1) is 0 Å². The Hall–Kier alpha value is -1.88. The van der Waals surface area contributed by atoms with Crippen LogP contribution < -0.4 is 5.32 Å². The number of rotatable bonds is 5. The summed E-state index contributed by atoms with van der Waals surface area (Å²) in [6.07, 6.45) is 1.54. The summed E-state index contributed by atoms with van der Waals surface area (Å²) in [6, 6.07) is 7.10. The van der Waals surface area contributed by atoms with E-state index in [1.165, 1.54) is 7.11 Å². The third kappa shape index (κ3) is 4.04. The van der Waals surface area contributed by atoms with Gasteiger partial charge in [-0.2, -0.15) is 0 Å². The van der Waals surface area contributed by atoms with Crippen molar-refractivity contribution in [2.75, 3.05) is 13.7 Å². The van der Waals surface area contributed by atoms with Gasteiger partial charge in [-0.3, -0.25) is 4.79 Å². The van der Waals surface area contributed by atoms with Crippen molar-refractivity contribution in [3.63, 3.8) is 0 Å². The second kappa shape index (κ2) is 7.22. The predicted octanol–water partition coefficient (Wildman–Crippen LogP) is 1.37. The van der Waals surface area contributed by atoms with Crippen LogP contribution in [0.4, 0.5) is 0 Å². The Morgan fingerprint density at radius 1 is 1.43 bits per heavy atom. The van der Waals surface area contributed by atoms with Crippen LogP contribution in [0.1, 0.15) is 24.0 Å². The summed E-state index contributed by atoms with van der Waals surface area (Å²) >= 11 is 0. The fraction of sp³-hybridized carbons (Fsp3) is 0.500. The standard InChI is InChI=1S/C16H21NO4/c1-11-6-3-4-7-12(11)10-13(16(19)20-2)17-15(18)14-8-5-9-21-14/h3-4,6-7,13-14H,5,8-10H2,1-2H3,(H,17,18)/t13-,14+/m0/s1. The van der Waals surface area contributed by atoms with E-state index in [2.05, 4.69) is 5.32 Å². The monoisotopic (exact) mass is 291 g/mol. The molecule has 0 bridgehead atoms. The number of hydrogen-bond donors (Lipinski definition) is 1. The maximum absolute atomic E-state index is 12.1. The van der Waals surface area contributed by atoms with E-state index in [0.717, 1.165) is 17.5 Å². The normalized spacial score (nSPS) is 19.0. The van der Waals surface area contributed by atoms with Crippen LogP contribution in [0.2, 0.25) is 0 Å². The maximum Gasteiger partial charge on any atom is 0.328 e. The van der Waals surface area contributed by atoms with Crippen LogP contribution in [0.25, 0.3) is 0 Å². The first-order valence-corrected chi connectivity index (χ1v) is 7.16. The lowest BCUT2D eigenvalue weighted by Gasteiger charge is -2.19. The van der Waals surface area contributed by atoms with Gasteiger partial charge < -0.3 is 14.8 Å². The maximum atomic E-state index is 12.1. The van der Waals surface area contributed by atoms with Crippen molar-refractivity contribution in [2.45, 2.75) is 38.3 Å².